The van der Waals surface area contributed by atoms with Crippen LogP contribution in [0.2, 0.25) is 0 Å². The van der Waals surface area contributed by atoms with E-state index >= 15 is 0 Å². The van der Waals surface area contributed by atoms with Crippen LogP contribution in [-0.2, 0) is 5.54 Å². The maximum absolute atomic E-state index is 11.1. The van der Waals surface area contributed by atoms with E-state index < -0.39 is 0 Å². The number of rotatable bonds is 1. The van der Waals surface area contributed by atoms with Crippen LogP contribution < -0.4 is 0 Å². The Labute approximate surface area is 74.6 Å². The Kier molecular flexibility index (Phi) is 1.75. The van der Waals surface area contributed by atoms with Crippen LogP contribution in [0.1, 0.15) is 39.4 Å². The van der Waals surface area contributed by atoms with Gasteiger partial charge in [0.25, 0.3) is 0 Å². The van der Waals surface area contributed by atoms with E-state index in [0.29, 0.717) is 11.7 Å². The molecule has 1 aromatic rings. The second-order valence-corrected chi connectivity index (χ2v) is 3.94. The van der Waals surface area contributed by atoms with E-state index in [-0.39, 0.29) is 11.3 Å². The van der Waals surface area contributed by atoms with Crippen molar-refractivity contribution in [1.29, 1.82) is 0 Å². The highest BCUT2D eigenvalue weighted by Gasteiger charge is 2.12. The summed E-state index contributed by atoms with van der Waals surface area (Å²) >= 11 is 0. The number of nitrogens with zero attached hydrogens (tertiary/aromatic N) is 1. The Morgan fingerprint density at radius 3 is 2.42 bits per heavy atom. The normalized spacial score (nSPS) is 12.8. The quantitative estimate of drug-likeness (QED) is 0.589. The number of carbonyl (C=O) groups excluding carboxylic acids is 1. The topological polar surface area (TPSA) is 22.0 Å². The number of Topliss-reactive ketones (excluding diaryl/α,β-unsaturated/α-hetero) is 1. The van der Waals surface area contributed by atoms with Crippen molar-refractivity contribution in [2.75, 3.05) is 0 Å². The van der Waals surface area contributed by atoms with Crippen LogP contribution in [0.3, 0.4) is 0 Å². The standard InChI is InChI=1S/C10H15NO/c1-8(12)9-5-6-11(7-9)10(2,3)4/h5-7H,1-4H3/i7T. The van der Waals surface area contributed by atoms with Gasteiger partial charge in [0.05, 0.1) is 1.37 Å². The summed E-state index contributed by atoms with van der Waals surface area (Å²) in [5.41, 5.74) is 0.361. The molecule has 0 bridgehead atoms. The van der Waals surface area contributed by atoms with Gasteiger partial charge < -0.3 is 4.57 Å². The summed E-state index contributed by atoms with van der Waals surface area (Å²) < 4.78 is 9.55. The molecule has 66 valence electrons. The van der Waals surface area contributed by atoms with Gasteiger partial charge in [0.15, 0.2) is 5.78 Å². The molecule has 0 spiro atoms. The van der Waals surface area contributed by atoms with Crippen LogP contribution in [0, 0.1) is 0 Å². The zero-order valence-corrected chi connectivity index (χ0v) is 8.01. The number of hydrogen-bond acceptors (Lipinski definition) is 1. The van der Waals surface area contributed by atoms with Gasteiger partial charge in [-0.25, -0.2) is 0 Å². The summed E-state index contributed by atoms with van der Waals surface area (Å²) in [6.07, 6.45) is 2.10. The molecule has 0 saturated carbocycles. The van der Waals surface area contributed by atoms with E-state index in [1.54, 1.807) is 16.8 Å². The Morgan fingerprint density at radius 1 is 1.58 bits per heavy atom. The fourth-order valence-electron chi connectivity index (χ4n) is 0.941. The van der Waals surface area contributed by atoms with E-state index in [2.05, 4.69) is 0 Å². The number of carbonyl (C=O) groups is 1. The third-order valence-corrected chi connectivity index (χ3v) is 1.73. The molecule has 0 N–H and O–H groups in total. The first-order valence-corrected chi connectivity index (χ1v) is 4.03. The van der Waals surface area contributed by atoms with Gasteiger partial charge in [0, 0.05) is 23.5 Å². The summed E-state index contributed by atoms with van der Waals surface area (Å²) in [6.45, 7) is 7.51. The van der Waals surface area contributed by atoms with Crippen molar-refractivity contribution >= 4 is 5.78 Å². The number of ketones is 1. The van der Waals surface area contributed by atoms with Gasteiger partial charge in [-0.3, -0.25) is 4.79 Å². The van der Waals surface area contributed by atoms with E-state index in [9.17, 15) is 4.79 Å². The monoisotopic (exact) mass is 167 g/mol. The summed E-state index contributed by atoms with van der Waals surface area (Å²) in [6, 6.07) is 1.70. The van der Waals surface area contributed by atoms with Crippen LogP contribution in [0.4, 0.5) is 0 Å². The Balaban J connectivity index is 3.22. The van der Waals surface area contributed by atoms with E-state index in [0.717, 1.165) is 0 Å². The van der Waals surface area contributed by atoms with Crippen molar-refractivity contribution in [1.82, 2.24) is 4.57 Å². The molecule has 0 aliphatic rings. The zero-order chi connectivity index (χ0) is 10.2. The molecule has 0 atom stereocenters. The first-order chi connectivity index (χ1) is 5.84. The first-order valence-electron chi connectivity index (χ1n) is 4.53. The molecular weight excluding hydrogens is 150 g/mol. The lowest BCUT2D eigenvalue weighted by molar-refractivity contribution is 0.101. The van der Waals surface area contributed by atoms with Crippen molar-refractivity contribution in [3.05, 3.63) is 24.0 Å². The molecule has 0 aliphatic heterocycles. The highest BCUT2D eigenvalue weighted by atomic mass is 16.1. The van der Waals surface area contributed by atoms with Gasteiger partial charge >= 0.3 is 0 Å². The zero-order valence-electron chi connectivity index (χ0n) is 9.01. The number of hydrogen-bond donors (Lipinski definition) is 0. The molecule has 1 aromatic heterocycles. The Morgan fingerprint density at radius 2 is 2.17 bits per heavy atom. The molecule has 0 unspecified atom stereocenters. The molecule has 0 amide bonds. The lowest BCUT2D eigenvalue weighted by atomic mass is 10.1. The molecule has 2 heteroatoms. The SMILES string of the molecule is [3H]c1c(C(C)=O)ccn1C(C)(C)C. The van der Waals surface area contributed by atoms with Crippen LogP contribution in [0.25, 0.3) is 0 Å². The van der Waals surface area contributed by atoms with Crippen molar-refractivity contribution in [3.8, 4) is 0 Å². The Bertz CT molecular complexity index is 333. The molecule has 1 rings (SSSR count). The average molecular weight is 167 g/mol. The molecule has 0 aromatic carbocycles. The molecule has 2 nitrogen and oxygen atoms in total. The molecule has 0 fully saturated rings. The highest BCUT2D eigenvalue weighted by Crippen LogP contribution is 2.15. The summed E-state index contributed by atoms with van der Waals surface area (Å²) in [5.74, 6) is -0.0481. The molecule has 1 heterocycles. The Hall–Kier alpha value is -1.05. The van der Waals surface area contributed by atoms with E-state index in [1.165, 1.54) is 6.92 Å². The van der Waals surface area contributed by atoms with Crippen LogP contribution >= 0.6 is 0 Å². The predicted octanol–water partition coefficient (Wildman–Crippen LogP) is 2.45. The van der Waals surface area contributed by atoms with Gasteiger partial charge in [-0.05, 0) is 33.8 Å². The number of aromatic nitrogens is 1. The van der Waals surface area contributed by atoms with Gasteiger partial charge in [-0.15, -0.1) is 0 Å². The van der Waals surface area contributed by atoms with Gasteiger partial charge in [0.1, 0.15) is 0 Å². The van der Waals surface area contributed by atoms with Crippen molar-refractivity contribution in [2.45, 2.75) is 33.2 Å². The fraction of sp³-hybridized carbons (Fsp3) is 0.500. The molecule has 12 heavy (non-hydrogen) atoms. The molecule has 0 aliphatic carbocycles. The summed E-state index contributed by atoms with van der Waals surface area (Å²) in [7, 11) is 0. The van der Waals surface area contributed by atoms with Gasteiger partial charge in [-0.2, -0.15) is 0 Å². The minimum Gasteiger partial charge on any atom is -0.348 e. The second kappa shape index (κ2) is 2.77. The lowest BCUT2D eigenvalue weighted by Crippen LogP contribution is -2.19. The summed E-state index contributed by atoms with van der Waals surface area (Å²) in [4.78, 5) is 11.1. The van der Waals surface area contributed by atoms with Gasteiger partial charge in [-0.1, -0.05) is 0 Å². The fourth-order valence-corrected chi connectivity index (χ4v) is 0.941. The first kappa shape index (κ1) is 7.59. The highest BCUT2D eigenvalue weighted by molar-refractivity contribution is 5.93. The maximum Gasteiger partial charge on any atom is 0.161 e. The van der Waals surface area contributed by atoms with E-state index in [1.807, 2.05) is 20.8 Å². The smallest absolute Gasteiger partial charge is 0.161 e. The largest absolute Gasteiger partial charge is 0.348 e. The van der Waals surface area contributed by atoms with Crippen molar-refractivity contribution in [2.24, 2.45) is 0 Å². The van der Waals surface area contributed by atoms with E-state index in [4.69, 9.17) is 1.37 Å². The van der Waals surface area contributed by atoms with Crippen molar-refractivity contribution in [3.63, 3.8) is 0 Å². The van der Waals surface area contributed by atoms with Crippen LogP contribution in [-0.4, -0.2) is 10.4 Å². The molecule has 0 radical (unpaired) electrons. The summed E-state index contributed by atoms with van der Waals surface area (Å²) in [5, 5.41) is 0. The third-order valence-electron chi connectivity index (χ3n) is 1.73. The van der Waals surface area contributed by atoms with Gasteiger partial charge in [0.2, 0.25) is 0 Å². The maximum atomic E-state index is 11.1. The minimum absolute atomic E-state index is 0.0481. The predicted molar refractivity (Wildman–Crippen MR) is 49.4 cm³/mol. The van der Waals surface area contributed by atoms with Crippen molar-refractivity contribution < 1.29 is 6.17 Å². The van der Waals surface area contributed by atoms with Crippen LogP contribution in [0.15, 0.2) is 18.4 Å². The lowest BCUT2D eigenvalue weighted by Gasteiger charge is -2.20. The third kappa shape index (κ3) is 1.76. The molecular formula is C10H15NO. The molecule has 0 saturated heterocycles. The minimum atomic E-state index is -0.134. The second-order valence-electron chi connectivity index (χ2n) is 3.94. The average Bonchev–Trinajstić information content (AvgIpc) is 2.28. The van der Waals surface area contributed by atoms with Crippen LogP contribution in [0.5, 0.6) is 0 Å².